The molecule has 0 saturated heterocycles. The Labute approximate surface area is 736 Å². The third-order valence-corrected chi connectivity index (χ3v) is 24.4. The molecule has 13 rings (SSSR count). The lowest BCUT2D eigenvalue weighted by Gasteiger charge is -2.22. The smallest absolute Gasteiger partial charge is 0.143 e. The van der Waals surface area contributed by atoms with Crippen LogP contribution in [-0.2, 0) is 0 Å². The first-order chi connectivity index (χ1) is 56.8. The number of hydrogen-bond acceptors (Lipinski definition) is 1. The van der Waals surface area contributed by atoms with E-state index in [0.29, 0.717) is 35.5 Å². The summed E-state index contributed by atoms with van der Waals surface area (Å²) < 4.78 is 6.82. The minimum Gasteiger partial charge on any atom is -0.456 e. The third kappa shape index (κ3) is 25.2. The molecule has 0 unspecified atom stereocenters. The Morgan fingerprint density at radius 1 is 0.165 bits per heavy atom. The number of rotatable bonds is 14. The van der Waals surface area contributed by atoms with Gasteiger partial charge in [-0.2, -0.15) is 0 Å². The van der Waals surface area contributed by atoms with Gasteiger partial charge in [0.1, 0.15) is 11.5 Å². The summed E-state index contributed by atoms with van der Waals surface area (Å²) in [4.78, 5) is 0. The van der Waals surface area contributed by atoms with E-state index >= 15 is 0 Å². The van der Waals surface area contributed by atoms with Gasteiger partial charge < -0.3 is 4.74 Å². The molecule has 0 heterocycles. The highest BCUT2D eigenvalue weighted by molar-refractivity contribution is 5.88. The van der Waals surface area contributed by atoms with Gasteiger partial charge in [-0.1, -0.05) is 310 Å². The van der Waals surface area contributed by atoms with Gasteiger partial charge in [-0.25, -0.2) is 0 Å². The summed E-state index contributed by atoms with van der Waals surface area (Å²) in [6.07, 6.45) is 0. The highest BCUT2D eigenvalue weighted by Gasteiger charge is 2.24. The maximum Gasteiger partial charge on any atom is 0.143 e. The fourth-order valence-corrected chi connectivity index (χ4v) is 17.3. The lowest BCUT2D eigenvalue weighted by molar-refractivity contribution is 0.485. The van der Waals surface area contributed by atoms with Crippen molar-refractivity contribution in [2.24, 2.45) is 0 Å². The normalized spacial score (nSPS) is 11.1. The van der Waals surface area contributed by atoms with E-state index in [4.69, 9.17) is 4.74 Å². The van der Waals surface area contributed by atoms with E-state index in [-0.39, 0.29) is 0 Å². The van der Waals surface area contributed by atoms with Crippen LogP contribution in [0.3, 0.4) is 0 Å². The zero-order valence-electron chi connectivity index (χ0n) is 81.5. The van der Waals surface area contributed by atoms with Crippen molar-refractivity contribution in [3.05, 3.63) is 373 Å². The summed E-state index contributed by atoms with van der Waals surface area (Å²) >= 11 is 0. The number of aryl methyl sites for hydroxylation is 21. The maximum absolute atomic E-state index is 6.82. The molecule has 0 aliphatic rings. The highest BCUT2D eigenvalue weighted by atomic mass is 16.5. The fourth-order valence-electron chi connectivity index (χ4n) is 17.3. The molecule has 0 aliphatic heterocycles. The van der Waals surface area contributed by atoms with Crippen LogP contribution in [0.4, 0.5) is 0 Å². The summed E-state index contributed by atoms with van der Waals surface area (Å²) in [7, 11) is 0. The van der Waals surface area contributed by atoms with Crippen LogP contribution < -0.4 is 4.74 Å². The van der Waals surface area contributed by atoms with Crippen molar-refractivity contribution in [2.45, 2.75) is 285 Å². The number of ether oxygens (including phenoxy) is 1. The van der Waals surface area contributed by atoms with E-state index in [1.165, 1.54) is 223 Å². The minimum atomic E-state index is 0.407. The van der Waals surface area contributed by atoms with Crippen molar-refractivity contribution >= 4 is 0 Å². The molecule has 0 aromatic heterocycles. The summed E-state index contributed by atoms with van der Waals surface area (Å²) in [6.45, 7) is 79.7. The standard InChI is InChI=1S/C33H36O.C28H34.C26H30.C12H18.C11H16.C10H14/c1-20(2)27-18-31(29-11-9-21(3)14-25(29)7)33(34-28-16-23(5)13-24(6)17-28)32(19-27)30-12-10-22(4)15-26(30)8;1-16(2)24-14-25(27-19(5)10-17(3)11-20(27)6)23(9)26(15-24)28-21(7)12-18(4)13-22(28)8;1-16(2)22-14-25(23-10-8-17(3)12-19(23)5)21(7)26(15-22)24-11-9-18(4)13-20(24)6;1-8(2)12-6-9(3)11(5)10(4)7-12;1-8(2)11-6-5-9(3)7-10(11)4;1-8(2)10-6-4-9(3)5-7-10/h9-20H,1-8H3;10-16H,1-9H3;8-16H,1-7H3;6-8H,1-5H3;5-8H,1-4H3;4-8H,1-3H3. The van der Waals surface area contributed by atoms with E-state index < -0.39 is 0 Å². The van der Waals surface area contributed by atoms with Crippen molar-refractivity contribution in [3.63, 3.8) is 0 Å². The van der Waals surface area contributed by atoms with Gasteiger partial charge in [-0.3, -0.25) is 0 Å². The van der Waals surface area contributed by atoms with E-state index in [0.717, 1.165) is 22.6 Å². The first kappa shape index (κ1) is 96.1. The SMILES string of the molecule is Cc1cc(C(C)C)cc(C)c1C.Cc1cc(C)c(-c2cc(C(C)C)cc(-c3c(C)cc(C)cc3C)c2C)c(C)c1.Cc1cc(C)cc(Oc2c(-c3ccc(C)cc3C)cc(C(C)C)cc2-c2ccc(C)cc2C)c1.Cc1ccc(-c2cc(C(C)C)cc(-c3ccc(C)cc3C)c2C)c(C)c1.Cc1ccc(C(C)C)c(C)c1.Cc1ccc(C(C)C)cc1. The molecule has 13 aromatic carbocycles. The second kappa shape index (κ2) is 42.4. The molecule has 634 valence electrons. The van der Waals surface area contributed by atoms with Crippen LogP contribution in [0, 0.1) is 166 Å². The van der Waals surface area contributed by atoms with E-state index in [1.54, 1.807) is 0 Å². The van der Waals surface area contributed by atoms with Gasteiger partial charge in [0, 0.05) is 11.1 Å². The van der Waals surface area contributed by atoms with Crippen LogP contribution in [-0.4, -0.2) is 0 Å². The average molecular weight is 1610 g/mol. The van der Waals surface area contributed by atoms with Gasteiger partial charge in [0.25, 0.3) is 0 Å². The van der Waals surface area contributed by atoms with Crippen LogP contribution in [0.15, 0.2) is 206 Å². The quantitative estimate of drug-likeness (QED) is 0.105. The Morgan fingerprint density at radius 3 is 0.727 bits per heavy atom. The van der Waals surface area contributed by atoms with Crippen LogP contribution in [0.5, 0.6) is 11.5 Å². The molecule has 0 spiro atoms. The van der Waals surface area contributed by atoms with Crippen molar-refractivity contribution in [1.82, 2.24) is 0 Å². The summed E-state index contributed by atoms with van der Waals surface area (Å²) in [5.41, 5.74) is 56.3. The summed E-state index contributed by atoms with van der Waals surface area (Å²) in [5, 5.41) is 0. The molecule has 0 aliphatic carbocycles. The molecule has 0 atom stereocenters. The predicted molar refractivity (Wildman–Crippen MR) is 536 cm³/mol. The molecule has 0 N–H and O–H groups in total. The summed E-state index contributed by atoms with van der Waals surface area (Å²) in [6, 6.07) is 76.9. The lowest BCUT2D eigenvalue weighted by Crippen LogP contribution is -2.00. The van der Waals surface area contributed by atoms with Gasteiger partial charge in [-0.15, -0.1) is 0 Å². The molecule has 13 aromatic rings. The zero-order valence-corrected chi connectivity index (χ0v) is 81.5. The molecule has 0 bridgehead atoms. The van der Waals surface area contributed by atoms with Gasteiger partial charge in [0.2, 0.25) is 0 Å². The Kier molecular flexibility index (Phi) is 33.7. The fraction of sp³-hybridized carbons (Fsp3) is 0.350. The number of hydrogen-bond donors (Lipinski definition) is 0. The second-order valence-electron chi connectivity index (χ2n) is 37.7. The first-order valence-electron chi connectivity index (χ1n) is 44.7. The van der Waals surface area contributed by atoms with Crippen LogP contribution in [0.25, 0.3) is 66.8 Å². The van der Waals surface area contributed by atoms with Gasteiger partial charge in [0.05, 0.1) is 0 Å². The average Bonchev–Trinajstić information content (AvgIpc) is 0.772. The van der Waals surface area contributed by atoms with E-state index in [1.807, 2.05) is 0 Å². The zero-order chi connectivity index (χ0) is 89.6. The van der Waals surface area contributed by atoms with Crippen LogP contribution in [0.1, 0.15) is 285 Å². The van der Waals surface area contributed by atoms with Crippen molar-refractivity contribution in [1.29, 1.82) is 0 Å². The monoisotopic (exact) mass is 1610 g/mol. The van der Waals surface area contributed by atoms with Gasteiger partial charge in [0.15, 0.2) is 0 Å². The largest absolute Gasteiger partial charge is 0.456 e. The summed E-state index contributed by atoms with van der Waals surface area (Å²) in [5.74, 6) is 5.16. The molecule has 1 nitrogen and oxygen atoms in total. The van der Waals surface area contributed by atoms with E-state index in [2.05, 4.69) is 456 Å². The van der Waals surface area contributed by atoms with Crippen LogP contribution in [0.2, 0.25) is 0 Å². The van der Waals surface area contributed by atoms with Crippen LogP contribution >= 0.6 is 0 Å². The maximum atomic E-state index is 6.82. The predicted octanol–water partition coefficient (Wildman–Crippen LogP) is 36.1. The van der Waals surface area contributed by atoms with Gasteiger partial charge in [-0.05, 0) is 404 Å². The van der Waals surface area contributed by atoms with Crippen molar-refractivity contribution < 1.29 is 4.74 Å². The molecule has 121 heavy (non-hydrogen) atoms. The van der Waals surface area contributed by atoms with Crippen molar-refractivity contribution in [2.75, 3.05) is 0 Å². The molecule has 0 saturated carbocycles. The first-order valence-corrected chi connectivity index (χ1v) is 44.7. The molecular formula is C120H148O. The van der Waals surface area contributed by atoms with Gasteiger partial charge >= 0.3 is 0 Å². The minimum absolute atomic E-state index is 0.407. The molecule has 0 amide bonds. The Hall–Kier alpha value is -10.3. The molecule has 1 heteroatoms. The van der Waals surface area contributed by atoms with E-state index in [9.17, 15) is 0 Å². The second-order valence-corrected chi connectivity index (χ2v) is 37.7. The Balaban J connectivity index is 0.000000191. The molecule has 0 fully saturated rings. The molecule has 0 radical (unpaired) electrons. The van der Waals surface area contributed by atoms with Crippen molar-refractivity contribution in [3.8, 4) is 78.3 Å². The highest BCUT2D eigenvalue weighted by Crippen LogP contribution is 2.48. The topological polar surface area (TPSA) is 9.23 Å². The Bertz CT molecular complexity index is 5450. The Morgan fingerprint density at radius 2 is 0.421 bits per heavy atom. The lowest BCUT2D eigenvalue weighted by atomic mass is 9.82. The third-order valence-electron chi connectivity index (χ3n) is 24.4. The number of benzene rings is 13. The molecular weight excluding hydrogens is 1460 g/mol.